The summed E-state index contributed by atoms with van der Waals surface area (Å²) < 4.78 is 0. The number of hydrogen-bond acceptors (Lipinski definition) is 4. The fourth-order valence-corrected chi connectivity index (χ4v) is 4.09. The van der Waals surface area contributed by atoms with Crippen LogP contribution >= 0.6 is 0 Å². The number of likely N-dealkylation sites (tertiary alicyclic amines) is 1. The van der Waals surface area contributed by atoms with E-state index >= 15 is 0 Å². The smallest absolute Gasteiger partial charge is 0.227 e. The lowest BCUT2D eigenvalue weighted by Crippen LogP contribution is -2.30. The fourth-order valence-electron chi connectivity index (χ4n) is 4.09. The van der Waals surface area contributed by atoms with Gasteiger partial charge in [0.05, 0.1) is 6.42 Å². The summed E-state index contributed by atoms with van der Waals surface area (Å²) in [5.74, 6) is 4.34. The minimum absolute atomic E-state index is 0.210. The number of nitrogens with one attached hydrogen (secondary N) is 1. The number of aromatic amines is 1. The van der Waals surface area contributed by atoms with Gasteiger partial charge >= 0.3 is 0 Å². The van der Waals surface area contributed by atoms with Crippen molar-refractivity contribution in [2.75, 3.05) is 13.1 Å². The Morgan fingerprint density at radius 2 is 1.96 bits per heavy atom. The molecule has 1 N–H and O–H groups in total. The third-order valence-corrected chi connectivity index (χ3v) is 5.86. The fraction of sp³-hybridized carbons (Fsp3) is 0.579. The lowest BCUT2D eigenvalue weighted by atomic mass is 9.91. The zero-order chi connectivity index (χ0) is 16.8. The lowest BCUT2D eigenvalue weighted by Gasteiger charge is -2.16. The second kappa shape index (κ2) is 5.93. The summed E-state index contributed by atoms with van der Waals surface area (Å²) >= 11 is 0. The molecule has 5 rings (SSSR count). The quantitative estimate of drug-likeness (QED) is 0.908. The number of nitrogens with zero attached hydrogens (tertiary/aromatic N) is 4. The highest BCUT2D eigenvalue weighted by atomic mass is 16.2. The summed E-state index contributed by atoms with van der Waals surface area (Å²) in [4.78, 5) is 23.6. The van der Waals surface area contributed by atoms with E-state index in [1.54, 1.807) is 12.4 Å². The van der Waals surface area contributed by atoms with E-state index in [1.165, 1.54) is 25.7 Å². The summed E-state index contributed by atoms with van der Waals surface area (Å²) in [5, 5.41) is 7.61. The number of carbonyl (C=O) groups is 1. The topological polar surface area (TPSA) is 74.8 Å². The van der Waals surface area contributed by atoms with Crippen molar-refractivity contribution < 1.29 is 4.79 Å². The molecular formula is C19H23N5O. The molecule has 3 heterocycles. The molecule has 1 amide bonds. The van der Waals surface area contributed by atoms with Gasteiger partial charge in [0, 0.05) is 37.3 Å². The summed E-state index contributed by atoms with van der Waals surface area (Å²) in [6.07, 6.45) is 8.95. The molecule has 1 saturated heterocycles. The number of carbonyl (C=O) groups excluding carboxylic acids is 1. The lowest BCUT2D eigenvalue weighted by molar-refractivity contribution is -0.129. The van der Waals surface area contributed by atoms with Crippen molar-refractivity contribution in [2.24, 2.45) is 11.8 Å². The number of pyridine rings is 1. The second-order valence-corrected chi connectivity index (χ2v) is 7.79. The average Bonchev–Trinajstić information content (AvgIpc) is 3.56. The predicted molar refractivity (Wildman–Crippen MR) is 91.8 cm³/mol. The van der Waals surface area contributed by atoms with Crippen molar-refractivity contribution in [3.8, 4) is 0 Å². The maximum absolute atomic E-state index is 12.8. The van der Waals surface area contributed by atoms with E-state index in [4.69, 9.17) is 4.98 Å². The summed E-state index contributed by atoms with van der Waals surface area (Å²) in [7, 11) is 0. The maximum atomic E-state index is 12.8. The molecule has 2 aliphatic carbocycles. The molecular weight excluding hydrogens is 314 g/mol. The first-order chi connectivity index (χ1) is 12.3. The Kier molecular flexibility index (Phi) is 3.57. The Morgan fingerprint density at radius 1 is 1.16 bits per heavy atom. The van der Waals surface area contributed by atoms with Crippen LogP contribution in [0.3, 0.4) is 0 Å². The highest BCUT2D eigenvalue weighted by Gasteiger charge is 2.45. The normalized spacial score (nSPS) is 26.2. The van der Waals surface area contributed by atoms with E-state index in [2.05, 4.69) is 15.2 Å². The third-order valence-electron chi connectivity index (χ3n) is 5.86. The Labute approximate surface area is 147 Å². The first kappa shape index (κ1) is 15.0. The minimum atomic E-state index is 0.210. The Bertz CT molecular complexity index is 765. The molecule has 0 radical (unpaired) electrons. The zero-order valence-corrected chi connectivity index (χ0v) is 14.3. The van der Waals surface area contributed by atoms with Crippen LogP contribution in [-0.4, -0.2) is 44.1 Å². The Hall–Kier alpha value is -2.24. The van der Waals surface area contributed by atoms with Crippen molar-refractivity contribution >= 4 is 5.91 Å². The van der Waals surface area contributed by atoms with Crippen molar-refractivity contribution in [3.63, 3.8) is 0 Å². The van der Waals surface area contributed by atoms with E-state index in [0.717, 1.165) is 36.2 Å². The summed E-state index contributed by atoms with van der Waals surface area (Å²) in [6.45, 7) is 1.63. The average molecular weight is 337 g/mol. The van der Waals surface area contributed by atoms with Gasteiger partial charge in [0.15, 0.2) is 5.82 Å². The predicted octanol–water partition coefficient (Wildman–Crippen LogP) is 2.27. The number of H-pyrrole nitrogens is 1. The van der Waals surface area contributed by atoms with Gasteiger partial charge in [-0.15, -0.1) is 0 Å². The van der Waals surface area contributed by atoms with E-state index in [-0.39, 0.29) is 5.91 Å². The molecule has 0 spiro atoms. The van der Waals surface area contributed by atoms with E-state index in [0.29, 0.717) is 24.2 Å². The first-order valence-corrected chi connectivity index (χ1v) is 9.37. The first-order valence-electron chi connectivity index (χ1n) is 9.37. The molecule has 3 aliphatic rings. The molecule has 2 aromatic heterocycles. The van der Waals surface area contributed by atoms with Gasteiger partial charge in [-0.3, -0.25) is 14.9 Å². The van der Waals surface area contributed by atoms with Gasteiger partial charge in [-0.2, -0.15) is 5.10 Å². The van der Waals surface area contributed by atoms with E-state index in [9.17, 15) is 4.79 Å². The highest BCUT2D eigenvalue weighted by Crippen LogP contribution is 2.47. The number of aromatic nitrogens is 4. The number of hydrogen-bond donors (Lipinski definition) is 1. The van der Waals surface area contributed by atoms with Crippen molar-refractivity contribution in [1.29, 1.82) is 0 Å². The molecule has 0 unspecified atom stereocenters. The van der Waals surface area contributed by atoms with Crippen molar-refractivity contribution in [1.82, 2.24) is 25.1 Å². The molecule has 130 valence electrons. The van der Waals surface area contributed by atoms with Gasteiger partial charge in [-0.1, -0.05) is 0 Å². The molecule has 6 nitrogen and oxygen atoms in total. The minimum Gasteiger partial charge on any atom is -0.341 e. The molecule has 2 saturated carbocycles. The van der Waals surface area contributed by atoms with Crippen LogP contribution in [0.4, 0.5) is 0 Å². The Balaban J connectivity index is 1.32. The van der Waals surface area contributed by atoms with Gasteiger partial charge in [-0.05, 0) is 55.2 Å². The van der Waals surface area contributed by atoms with Crippen molar-refractivity contribution in [2.45, 2.75) is 43.9 Å². The van der Waals surface area contributed by atoms with Crippen LogP contribution in [0.1, 0.15) is 54.7 Å². The molecule has 3 fully saturated rings. The standard InChI is InChI=1S/C19H23N5O/c25-17(9-12-5-7-20-8-6-12)24-10-15(13-1-2-13)16(11-24)19-21-18(22-23-19)14-3-4-14/h5-8,13-16H,1-4,9-11H2,(H,21,22,23)/t15-,16+/m1/s1. The molecule has 0 bridgehead atoms. The van der Waals surface area contributed by atoms with Crippen LogP contribution in [-0.2, 0) is 11.2 Å². The molecule has 25 heavy (non-hydrogen) atoms. The zero-order valence-electron chi connectivity index (χ0n) is 14.3. The van der Waals surface area contributed by atoms with Crippen LogP contribution in [0.25, 0.3) is 0 Å². The van der Waals surface area contributed by atoms with Gasteiger partial charge in [0.1, 0.15) is 5.82 Å². The largest absolute Gasteiger partial charge is 0.341 e. The van der Waals surface area contributed by atoms with Crippen LogP contribution in [0.5, 0.6) is 0 Å². The second-order valence-electron chi connectivity index (χ2n) is 7.79. The van der Waals surface area contributed by atoms with Crippen LogP contribution < -0.4 is 0 Å². The number of rotatable bonds is 5. The van der Waals surface area contributed by atoms with Crippen molar-refractivity contribution in [3.05, 3.63) is 41.7 Å². The van der Waals surface area contributed by atoms with Gasteiger partial charge < -0.3 is 4.90 Å². The van der Waals surface area contributed by atoms with E-state index < -0.39 is 0 Å². The highest BCUT2D eigenvalue weighted by molar-refractivity contribution is 5.79. The monoisotopic (exact) mass is 337 g/mol. The Morgan fingerprint density at radius 3 is 2.68 bits per heavy atom. The molecule has 2 atom stereocenters. The van der Waals surface area contributed by atoms with Gasteiger partial charge in [-0.25, -0.2) is 4.98 Å². The SMILES string of the molecule is O=C(Cc1ccncc1)N1C[C@H](c2nc(C3CC3)n[nH]2)[C@@H](C2CC2)C1. The van der Waals surface area contributed by atoms with Gasteiger partial charge in [0.25, 0.3) is 0 Å². The maximum Gasteiger partial charge on any atom is 0.227 e. The van der Waals surface area contributed by atoms with Crippen LogP contribution in [0.15, 0.2) is 24.5 Å². The third kappa shape index (κ3) is 3.05. The molecule has 6 heteroatoms. The van der Waals surface area contributed by atoms with E-state index in [1.807, 2.05) is 17.0 Å². The van der Waals surface area contributed by atoms with Crippen LogP contribution in [0.2, 0.25) is 0 Å². The molecule has 0 aromatic carbocycles. The molecule has 1 aliphatic heterocycles. The summed E-state index contributed by atoms with van der Waals surface area (Å²) in [6, 6.07) is 3.84. The number of amides is 1. The molecule has 2 aromatic rings. The van der Waals surface area contributed by atoms with Gasteiger partial charge in [0.2, 0.25) is 5.91 Å². The van der Waals surface area contributed by atoms with Crippen LogP contribution in [0, 0.1) is 11.8 Å². The summed E-state index contributed by atoms with van der Waals surface area (Å²) in [5.41, 5.74) is 1.03.